The average Bonchev–Trinajstić information content (AvgIpc) is 2.62. The van der Waals surface area contributed by atoms with Gasteiger partial charge in [0, 0.05) is 19.6 Å². The van der Waals surface area contributed by atoms with Gasteiger partial charge in [-0.1, -0.05) is 29.3 Å². The fraction of sp³-hybridized carbons (Fsp3) is 0.500. The van der Waals surface area contributed by atoms with Gasteiger partial charge in [-0.25, -0.2) is 0 Å². The number of nitrogens with zero attached hydrogens (tertiary/aromatic N) is 1. The Balaban J connectivity index is 2.27. The molecule has 3 nitrogen and oxygen atoms in total. The van der Waals surface area contributed by atoms with E-state index in [0.29, 0.717) is 10.0 Å². The highest BCUT2D eigenvalue weighted by Gasteiger charge is 2.25. The van der Waals surface area contributed by atoms with Crippen LogP contribution in [0.15, 0.2) is 18.2 Å². The largest absolute Gasteiger partial charge is 0.315 e. The van der Waals surface area contributed by atoms with Gasteiger partial charge in [0.1, 0.15) is 0 Å². The van der Waals surface area contributed by atoms with Crippen LogP contribution in [0.4, 0.5) is 0 Å². The Bertz CT molecular complexity index is 457. The van der Waals surface area contributed by atoms with Gasteiger partial charge in [0.2, 0.25) is 0 Å². The summed E-state index contributed by atoms with van der Waals surface area (Å²) in [5.74, 6) is 0.139. The van der Waals surface area contributed by atoms with Crippen LogP contribution in [0.5, 0.6) is 0 Å². The second-order valence-electron chi connectivity index (χ2n) is 4.83. The number of benzene rings is 1. The fourth-order valence-corrected chi connectivity index (χ4v) is 2.82. The van der Waals surface area contributed by atoms with Crippen LogP contribution in [0.2, 0.25) is 10.0 Å². The second-order valence-corrected chi connectivity index (χ2v) is 5.64. The van der Waals surface area contributed by atoms with Crippen LogP contribution < -0.4 is 5.32 Å². The zero-order chi connectivity index (χ0) is 13.8. The molecule has 1 saturated heterocycles. The monoisotopic (exact) mass is 300 g/mol. The molecule has 0 bridgehead atoms. The summed E-state index contributed by atoms with van der Waals surface area (Å²) in [6.07, 6.45) is 1.05. The summed E-state index contributed by atoms with van der Waals surface area (Å²) in [5, 5.41) is 4.36. The number of halogens is 2. The highest BCUT2D eigenvalue weighted by Crippen LogP contribution is 2.29. The molecule has 0 aromatic heterocycles. The molecule has 1 aromatic carbocycles. The van der Waals surface area contributed by atoms with E-state index in [1.165, 1.54) is 0 Å². The maximum absolute atomic E-state index is 12.0. The van der Waals surface area contributed by atoms with Gasteiger partial charge in [0.15, 0.2) is 5.78 Å². The van der Waals surface area contributed by atoms with Gasteiger partial charge in [-0.15, -0.1) is 0 Å². The first-order valence-electron chi connectivity index (χ1n) is 6.50. The number of nitrogens with one attached hydrogen (secondary N) is 1. The van der Waals surface area contributed by atoms with Gasteiger partial charge in [-0.05, 0) is 37.6 Å². The number of hydrogen-bond donors (Lipinski definition) is 1. The van der Waals surface area contributed by atoms with Gasteiger partial charge >= 0.3 is 0 Å². The number of rotatable bonds is 3. The van der Waals surface area contributed by atoms with E-state index < -0.39 is 0 Å². The minimum atomic E-state index is -0.227. The van der Waals surface area contributed by atoms with E-state index in [1.54, 1.807) is 19.1 Å². The molecule has 1 heterocycles. The van der Waals surface area contributed by atoms with Crippen LogP contribution in [0.3, 0.4) is 0 Å². The Morgan fingerprint density at radius 2 is 2.05 bits per heavy atom. The minimum Gasteiger partial charge on any atom is -0.315 e. The fourth-order valence-electron chi connectivity index (χ4n) is 2.51. The topological polar surface area (TPSA) is 32.3 Å². The van der Waals surface area contributed by atoms with Gasteiger partial charge in [0.25, 0.3) is 0 Å². The first-order valence-corrected chi connectivity index (χ1v) is 7.25. The molecule has 0 radical (unpaired) electrons. The molecule has 1 aliphatic rings. The van der Waals surface area contributed by atoms with Crippen LogP contribution >= 0.6 is 23.2 Å². The molecule has 1 fully saturated rings. The summed E-state index contributed by atoms with van der Waals surface area (Å²) in [5.41, 5.74) is 0.920. The Labute approximate surface area is 123 Å². The molecule has 1 aliphatic heterocycles. The van der Waals surface area contributed by atoms with Crippen molar-refractivity contribution in [1.29, 1.82) is 0 Å². The van der Waals surface area contributed by atoms with Crippen molar-refractivity contribution in [2.45, 2.75) is 19.4 Å². The number of carbonyl (C=O) groups excluding carboxylic acids is 1. The molecule has 0 saturated carbocycles. The number of ketones is 1. The Hall–Kier alpha value is -0.610. The number of Topliss-reactive ketones (excluding diaryl/α,β-unsaturated/α-hetero) is 1. The van der Waals surface area contributed by atoms with Crippen molar-refractivity contribution in [2.24, 2.45) is 0 Å². The molecule has 1 aromatic rings. The van der Waals surface area contributed by atoms with Crippen LogP contribution in [0.25, 0.3) is 0 Å². The molecule has 104 valence electrons. The zero-order valence-electron chi connectivity index (χ0n) is 11.0. The van der Waals surface area contributed by atoms with Crippen LogP contribution in [-0.2, 0) is 4.79 Å². The summed E-state index contributed by atoms with van der Waals surface area (Å²) in [6, 6.07) is 5.22. The predicted octanol–water partition coefficient (Wildman–Crippen LogP) is 2.92. The zero-order valence-corrected chi connectivity index (χ0v) is 12.5. The first-order chi connectivity index (χ1) is 9.09. The first kappa shape index (κ1) is 14.8. The SMILES string of the molecule is CC(=O)C(c1ccc(Cl)c(Cl)c1)N1CCCNCC1. The Morgan fingerprint density at radius 3 is 2.74 bits per heavy atom. The molecule has 1 unspecified atom stereocenters. The van der Waals surface area contributed by atoms with Crippen molar-refractivity contribution in [3.63, 3.8) is 0 Å². The minimum absolute atomic E-state index is 0.139. The molecular formula is C14H18Cl2N2O. The number of carbonyl (C=O) groups is 1. The lowest BCUT2D eigenvalue weighted by Crippen LogP contribution is -2.35. The normalized spacial score (nSPS) is 18.9. The lowest BCUT2D eigenvalue weighted by atomic mass is 10.0. The molecule has 0 spiro atoms. The van der Waals surface area contributed by atoms with Gasteiger partial charge in [-0.2, -0.15) is 0 Å². The maximum Gasteiger partial charge on any atom is 0.151 e. The lowest BCUT2D eigenvalue weighted by molar-refractivity contribution is -0.122. The molecule has 19 heavy (non-hydrogen) atoms. The molecule has 0 amide bonds. The van der Waals surface area contributed by atoms with Crippen LogP contribution in [0.1, 0.15) is 24.9 Å². The van der Waals surface area contributed by atoms with E-state index in [1.807, 2.05) is 6.07 Å². The molecular weight excluding hydrogens is 283 g/mol. The third-order valence-electron chi connectivity index (χ3n) is 3.38. The maximum atomic E-state index is 12.0. The van der Waals surface area contributed by atoms with Crippen molar-refractivity contribution in [2.75, 3.05) is 26.2 Å². The van der Waals surface area contributed by atoms with Crippen molar-refractivity contribution in [3.05, 3.63) is 33.8 Å². The quantitative estimate of drug-likeness (QED) is 0.931. The Kier molecular flexibility index (Phi) is 5.22. The van der Waals surface area contributed by atoms with E-state index in [9.17, 15) is 4.79 Å². The van der Waals surface area contributed by atoms with Gasteiger partial charge < -0.3 is 5.32 Å². The van der Waals surface area contributed by atoms with Crippen molar-refractivity contribution >= 4 is 29.0 Å². The van der Waals surface area contributed by atoms with Crippen LogP contribution in [0, 0.1) is 0 Å². The highest BCUT2D eigenvalue weighted by molar-refractivity contribution is 6.42. The van der Waals surface area contributed by atoms with Crippen LogP contribution in [-0.4, -0.2) is 36.9 Å². The smallest absolute Gasteiger partial charge is 0.151 e. The third-order valence-corrected chi connectivity index (χ3v) is 4.12. The molecule has 0 aliphatic carbocycles. The van der Waals surface area contributed by atoms with E-state index in [2.05, 4.69) is 10.2 Å². The summed E-state index contributed by atoms with van der Waals surface area (Å²) in [4.78, 5) is 14.2. The van der Waals surface area contributed by atoms with Crippen molar-refractivity contribution in [3.8, 4) is 0 Å². The summed E-state index contributed by atoms with van der Waals surface area (Å²) < 4.78 is 0. The van der Waals surface area contributed by atoms with E-state index in [4.69, 9.17) is 23.2 Å². The van der Waals surface area contributed by atoms with Gasteiger partial charge in [-0.3, -0.25) is 9.69 Å². The summed E-state index contributed by atoms with van der Waals surface area (Å²) >= 11 is 12.0. The van der Waals surface area contributed by atoms with Crippen molar-refractivity contribution < 1.29 is 4.79 Å². The summed E-state index contributed by atoms with van der Waals surface area (Å²) in [7, 11) is 0. The average molecular weight is 301 g/mol. The Morgan fingerprint density at radius 1 is 1.26 bits per heavy atom. The lowest BCUT2D eigenvalue weighted by Gasteiger charge is -2.29. The number of hydrogen-bond acceptors (Lipinski definition) is 3. The molecule has 2 rings (SSSR count). The summed E-state index contributed by atoms with van der Waals surface area (Å²) in [6.45, 7) is 5.32. The standard InChI is InChI=1S/C14H18Cl2N2O/c1-10(19)14(18-7-2-5-17-6-8-18)11-3-4-12(15)13(16)9-11/h3-4,9,14,17H,2,5-8H2,1H3. The molecule has 1 N–H and O–H groups in total. The highest BCUT2D eigenvalue weighted by atomic mass is 35.5. The van der Waals surface area contributed by atoms with E-state index >= 15 is 0 Å². The van der Waals surface area contributed by atoms with Gasteiger partial charge in [0.05, 0.1) is 16.1 Å². The molecule has 1 atom stereocenters. The predicted molar refractivity (Wildman–Crippen MR) is 78.9 cm³/mol. The molecule has 5 heteroatoms. The second kappa shape index (κ2) is 6.71. The van der Waals surface area contributed by atoms with Crippen molar-refractivity contribution in [1.82, 2.24) is 10.2 Å². The van der Waals surface area contributed by atoms with E-state index in [0.717, 1.165) is 38.2 Å². The van der Waals surface area contributed by atoms with E-state index in [-0.39, 0.29) is 11.8 Å². The third kappa shape index (κ3) is 3.69.